The zero-order chi connectivity index (χ0) is 34.9. The lowest BCUT2D eigenvalue weighted by molar-refractivity contribution is -0.143. The summed E-state index contributed by atoms with van der Waals surface area (Å²) in [5.74, 6) is 0.862. The highest BCUT2D eigenvalue weighted by molar-refractivity contribution is 6.31. The maximum Gasteiger partial charge on any atom is 0.336 e. The first-order chi connectivity index (χ1) is 24.2. The Labute approximate surface area is 294 Å². The van der Waals surface area contributed by atoms with Crippen LogP contribution in [0.5, 0.6) is 11.6 Å². The summed E-state index contributed by atoms with van der Waals surface area (Å²) in [5.41, 5.74) is 5.89. The van der Waals surface area contributed by atoms with Crippen LogP contribution in [-0.2, 0) is 27.4 Å². The van der Waals surface area contributed by atoms with E-state index in [1.165, 1.54) is 11.8 Å². The van der Waals surface area contributed by atoms with Crippen molar-refractivity contribution in [1.82, 2.24) is 18.9 Å². The lowest BCUT2D eigenvalue weighted by Crippen LogP contribution is -2.36. The largest absolute Gasteiger partial charge is 0.493 e. The number of ether oxygens (including phenoxy) is 2. The number of fused-ring (bicyclic) bond motifs is 3. The molecule has 1 saturated carbocycles. The maximum absolute atomic E-state index is 13.5. The summed E-state index contributed by atoms with van der Waals surface area (Å²) in [6.45, 7) is 5.11. The lowest BCUT2D eigenvalue weighted by atomic mass is 9.92. The number of carbonyl (C=O) groups is 2. The molecule has 5 aromatic rings. The van der Waals surface area contributed by atoms with Gasteiger partial charge in [-0.2, -0.15) is 5.10 Å². The molecule has 1 fully saturated rings. The van der Waals surface area contributed by atoms with Crippen molar-refractivity contribution in [2.75, 3.05) is 24.7 Å². The highest BCUT2D eigenvalue weighted by Crippen LogP contribution is 2.57. The fraction of sp³-hybridized carbons (Fsp3) is 0.316. The topological polar surface area (TPSA) is 121 Å². The van der Waals surface area contributed by atoms with Gasteiger partial charge in [0.05, 0.1) is 37.8 Å². The predicted molar refractivity (Wildman–Crippen MR) is 189 cm³/mol. The van der Waals surface area contributed by atoms with Crippen LogP contribution in [0.4, 0.5) is 5.69 Å². The van der Waals surface area contributed by atoms with Gasteiger partial charge in [-0.05, 0) is 85.5 Å². The standard InChI is InChI=1S/C38H38ClN5O6/c1-3-49-36(47)23-41-22-35(46)44(38(41)48)28-9-4-8-25(16-28)19-42-20-27(18-40-42)29-10-5-12-32-37(29)30-17-26(30)21-43(32)34(45)14-7-15-50-33-13-6-11-31(39)24(33)2/h4-6,8-13,16,18,20,22,26,30,46H,3,7,14-15,17,19,21,23H2,1-2H3/t26-,30-/m0/s1. The summed E-state index contributed by atoms with van der Waals surface area (Å²) in [7, 11) is 0. The molecule has 3 aromatic carbocycles. The first-order valence-corrected chi connectivity index (χ1v) is 17.2. The zero-order valence-electron chi connectivity index (χ0n) is 27.9. The van der Waals surface area contributed by atoms with E-state index in [4.69, 9.17) is 21.1 Å². The molecule has 12 heteroatoms. The van der Waals surface area contributed by atoms with Crippen LogP contribution in [0.15, 0.2) is 84.0 Å². The van der Waals surface area contributed by atoms with Crippen molar-refractivity contribution in [3.63, 3.8) is 0 Å². The molecule has 7 rings (SSSR count). The van der Waals surface area contributed by atoms with Crippen molar-refractivity contribution >= 4 is 29.2 Å². The van der Waals surface area contributed by atoms with E-state index in [-0.39, 0.29) is 24.9 Å². The highest BCUT2D eigenvalue weighted by atomic mass is 35.5. The second kappa shape index (κ2) is 13.9. The summed E-state index contributed by atoms with van der Waals surface area (Å²) in [4.78, 5) is 40.4. The van der Waals surface area contributed by atoms with Crippen LogP contribution in [0.2, 0.25) is 5.02 Å². The van der Waals surface area contributed by atoms with Gasteiger partial charge in [0.1, 0.15) is 12.3 Å². The number of nitrogens with zero attached hydrogens (tertiary/aromatic N) is 5. The van der Waals surface area contributed by atoms with Gasteiger partial charge in [-0.1, -0.05) is 41.9 Å². The molecule has 0 bridgehead atoms. The van der Waals surface area contributed by atoms with Crippen molar-refractivity contribution < 1.29 is 24.2 Å². The molecule has 1 N–H and O–H groups in total. The van der Waals surface area contributed by atoms with E-state index in [1.54, 1.807) is 25.1 Å². The number of imidazole rings is 1. The number of halogens is 1. The predicted octanol–water partition coefficient (Wildman–Crippen LogP) is 6.09. The van der Waals surface area contributed by atoms with Crippen molar-refractivity contribution in [2.24, 2.45) is 5.92 Å². The van der Waals surface area contributed by atoms with E-state index < -0.39 is 11.7 Å². The van der Waals surface area contributed by atoms with E-state index in [1.807, 2.05) is 65.3 Å². The number of hydrogen-bond acceptors (Lipinski definition) is 7. The van der Waals surface area contributed by atoms with Crippen LogP contribution >= 0.6 is 11.6 Å². The molecule has 1 aliphatic carbocycles. The van der Waals surface area contributed by atoms with Crippen LogP contribution in [-0.4, -0.2) is 55.7 Å². The van der Waals surface area contributed by atoms with Gasteiger partial charge in [-0.15, -0.1) is 0 Å². The number of hydrogen-bond donors (Lipinski definition) is 1. The van der Waals surface area contributed by atoms with Crippen molar-refractivity contribution in [3.8, 4) is 28.4 Å². The van der Waals surface area contributed by atoms with Crippen molar-refractivity contribution in [3.05, 3.63) is 111 Å². The second-order valence-corrected chi connectivity index (χ2v) is 13.2. The lowest BCUT2D eigenvalue weighted by Gasteiger charge is -2.30. The normalized spacial score (nSPS) is 16.1. The molecule has 50 heavy (non-hydrogen) atoms. The molecule has 1 amide bonds. The Bertz CT molecular complexity index is 2130. The number of carbonyl (C=O) groups excluding carboxylic acids is 2. The van der Waals surface area contributed by atoms with Crippen LogP contribution < -0.4 is 15.3 Å². The number of aromatic nitrogens is 4. The van der Waals surface area contributed by atoms with Crippen LogP contribution in [0, 0.1) is 12.8 Å². The summed E-state index contributed by atoms with van der Waals surface area (Å²) in [5, 5.41) is 15.9. The molecule has 2 atom stereocenters. The molecule has 2 aromatic heterocycles. The molecule has 11 nitrogen and oxygen atoms in total. The number of benzene rings is 3. The molecule has 2 aliphatic rings. The Hall–Kier alpha value is -5.29. The van der Waals surface area contributed by atoms with Gasteiger partial charge in [0.2, 0.25) is 11.8 Å². The van der Waals surface area contributed by atoms with Crippen molar-refractivity contribution in [2.45, 2.75) is 52.1 Å². The first kappa shape index (κ1) is 33.2. The summed E-state index contributed by atoms with van der Waals surface area (Å²) >= 11 is 6.22. The molecule has 0 spiro atoms. The van der Waals surface area contributed by atoms with Gasteiger partial charge >= 0.3 is 11.7 Å². The average molecular weight is 696 g/mol. The minimum absolute atomic E-state index is 0.0946. The van der Waals surface area contributed by atoms with E-state index >= 15 is 0 Å². The Kier molecular flexibility index (Phi) is 9.24. The van der Waals surface area contributed by atoms with Gasteiger partial charge in [0.15, 0.2) is 0 Å². The minimum Gasteiger partial charge on any atom is -0.493 e. The molecular formula is C38H38ClN5O6. The minimum atomic E-state index is -0.558. The monoisotopic (exact) mass is 695 g/mol. The number of esters is 1. The molecule has 0 radical (unpaired) electrons. The van der Waals surface area contributed by atoms with Gasteiger partial charge in [-0.25, -0.2) is 9.36 Å². The average Bonchev–Trinajstić information content (AvgIpc) is 3.66. The van der Waals surface area contributed by atoms with E-state index in [2.05, 4.69) is 11.2 Å². The van der Waals surface area contributed by atoms with E-state index in [0.29, 0.717) is 48.5 Å². The van der Waals surface area contributed by atoms with Gasteiger partial charge in [0, 0.05) is 41.0 Å². The van der Waals surface area contributed by atoms with Gasteiger partial charge < -0.3 is 19.5 Å². The first-order valence-electron chi connectivity index (χ1n) is 16.8. The Balaban J connectivity index is 1.05. The van der Waals surface area contributed by atoms with Crippen LogP contribution in [0.3, 0.4) is 0 Å². The second-order valence-electron chi connectivity index (χ2n) is 12.8. The molecule has 0 saturated heterocycles. The van der Waals surface area contributed by atoms with Crippen molar-refractivity contribution in [1.29, 1.82) is 0 Å². The number of rotatable bonds is 12. The third kappa shape index (κ3) is 6.65. The van der Waals surface area contributed by atoms with Gasteiger partial charge in [-0.3, -0.25) is 18.8 Å². The molecule has 258 valence electrons. The number of aromatic hydroxyl groups is 1. The third-order valence-electron chi connectivity index (χ3n) is 9.40. The Morgan fingerprint density at radius 1 is 1.08 bits per heavy atom. The van der Waals surface area contributed by atoms with E-state index in [0.717, 1.165) is 55.8 Å². The molecule has 3 heterocycles. The summed E-state index contributed by atoms with van der Waals surface area (Å²) < 4.78 is 15.0. The number of amides is 1. The summed E-state index contributed by atoms with van der Waals surface area (Å²) in [6.07, 6.45) is 7.11. The Morgan fingerprint density at radius 3 is 2.74 bits per heavy atom. The van der Waals surface area contributed by atoms with E-state index in [9.17, 15) is 19.5 Å². The highest BCUT2D eigenvalue weighted by Gasteiger charge is 2.47. The smallest absolute Gasteiger partial charge is 0.336 e. The maximum atomic E-state index is 13.5. The zero-order valence-corrected chi connectivity index (χ0v) is 28.7. The Morgan fingerprint density at radius 2 is 1.90 bits per heavy atom. The molecular weight excluding hydrogens is 658 g/mol. The number of anilines is 1. The quantitative estimate of drug-likeness (QED) is 0.124. The van der Waals surface area contributed by atoms with Crippen LogP contribution in [0.25, 0.3) is 16.8 Å². The third-order valence-corrected chi connectivity index (χ3v) is 9.81. The summed E-state index contributed by atoms with van der Waals surface area (Å²) in [6, 6.07) is 19.0. The van der Waals surface area contributed by atoms with Gasteiger partial charge in [0.25, 0.3) is 0 Å². The fourth-order valence-corrected chi connectivity index (χ4v) is 7.00. The molecule has 0 unspecified atom stereocenters. The SMILES string of the molecule is CCOC(=O)Cn1cc(O)n(-c2cccc(Cn3cc(-c4cccc5c4[C@H]4C[C@H]4CN5C(=O)CCCOc4cccc(Cl)c4C)cn3)c2)c1=O. The van der Waals surface area contributed by atoms with Crippen LogP contribution in [0.1, 0.15) is 48.8 Å². The fourth-order valence-electron chi connectivity index (χ4n) is 6.84. The molecule has 1 aliphatic heterocycles.